The number of hydrogen-bond acceptors (Lipinski definition) is 1. The summed E-state index contributed by atoms with van der Waals surface area (Å²) < 4.78 is 13.7. The molecular weight excluding hydrogens is 309 g/mol. The van der Waals surface area contributed by atoms with Crippen molar-refractivity contribution in [1.82, 2.24) is 4.90 Å². The fourth-order valence-electron chi connectivity index (χ4n) is 1.94. The molecule has 2 rings (SSSR count). The summed E-state index contributed by atoms with van der Waals surface area (Å²) >= 11 is 3.36. The fraction of sp³-hybridized carbons (Fsp3) is 0.267. The summed E-state index contributed by atoms with van der Waals surface area (Å²) in [6.07, 6.45) is 0. The maximum Gasteiger partial charge on any atom is 0.254 e. The molecule has 0 saturated carbocycles. The molecule has 1 amide bonds. The van der Waals surface area contributed by atoms with Crippen LogP contribution in [0.1, 0.15) is 17.3 Å². The number of benzene rings is 2. The van der Waals surface area contributed by atoms with Gasteiger partial charge in [0, 0.05) is 29.4 Å². The standard InChI is InChI=1S/C15H15BrFNO/c1-10(9-16)18(2)15(19)13-7-8-14(17)12-6-4-3-5-11(12)13/h3-8,10H,9H2,1-2H3. The van der Waals surface area contributed by atoms with Crippen molar-refractivity contribution in [2.75, 3.05) is 12.4 Å². The molecular formula is C15H15BrFNO. The van der Waals surface area contributed by atoms with E-state index in [0.29, 0.717) is 21.7 Å². The van der Waals surface area contributed by atoms with Gasteiger partial charge < -0.3 is 4.90 Å². The zero-order valence-electron chi connectivity index (χ0n) is 10.9. The van der Waals surface area contributed by atoms with Crippen LogP contribution in [0.2, 0.25) is 0 Å². The smallest absolute Gasteiger partial charge is 0.254 e. The Hall–Kier alpha value is -1.42. The van der Waals surface area contributed by atoms with Crippen molar-refractivity contribution >= 4 is 32.6 Å². The monoisotopic (exact) mass is 323 g/mol. The van der Waals surface area contributed by atoms with Gasteiger partial charge in [0.1, 0.15) is 5.82 Å². The molecule has 0 aliphatic carbocycles. The lowest BCUT2D eigenvalue weighted by Crippen LogP contribution is -2.36. The van der Waals surface area contributed by atoms with E-state index in [4.69, 9.17) is 0 Å². The highest BCUT2D eigenvalue weighted by Crippen LogP contribution is 2.23. The van der Waals surface area contributed by atoms with Gasteiger partial charge in [0.25, 0.3) is 5.91 Å². The number of hydrogen-bond donors (Lipinski definition) is 0. The second-order valence-corrected chi connectivity index (χ2v) is 5.21. The molecule has 0 fully saturated rings. The summed E-state index contributed by atoms with van der Waals surface area (Å²) in [5.41, 5.74) is 0.535. The van der Waals surface area contributed by atoms with E-state index in [1.807, 2.05) is 13.0 Å². The van der Waals surface area contributed by atoms with E-state index in [1.165, 1.54) is 6.07 Å². The number of alkyl halides is 1. The van der Waals surface area contributed by atoms with E-state index in [-0.39, 0.29) is 17.8 Å². The Morgan fingerprint density at radius 3 is 2.53 bits per heavy atom. The number of rotatable bonds is 3. The lowest BCUT2D eigenvalue weighted by Gasteiger charge is -2.24. The minimum Gasteiger partial charge on any atom is -0.338 e. The highest BCUT2D eigenvalue weighted by Gasteiger charge is 2.19. The molecule has 0 heterocycles. The van der Waals surface area contributed by atoms with Crippen molar-refractivity contribution in [1.29, 1.82) is 0 Å². The molecule has 0 radical (unpaired) electrons. The number of carbonyl (C=O) groups excluding carboxylic acids is 1. The molecule has 1 unspecified atom stereocenters. The van der Waals surface area contributed by atoms with Gasteiger partial charge >= 0.3 is 0 Å². The molecule has 0 aromatic heterocycles. The van der Waals surface area contributed by atoms with Gasteiger partial charge in [-0.25, -0.2) is 4.39 Å². The summed E-state index contributed by atoms with van der Waals surface area (Å²) in [6, 6.07) is 10.0. The maximum atomic E-state index is 13.7. The maximum absolute atomic E-state index is 13.7. The van der Waals surface area contributed by atoms with Gasteiger partial charge in [-0.2, -0.15) is 0 Å². The van der Waals surface area contributed by atoms with Crippen LogP contribution >= 0.6 is 15.9 Å². The minimum absolute atomic E-state index is 0.0799. The lowest BCUT2D eigenvalue weighted by molar-refractivity contribution is 0.0760. The van der Waals surface area contributed by atoms with Gasteiger partial charge in [-0.15, -0.1) is 0 Å². The molecule has 4 heteroatoms. The number of amides is 1. The molecule has 2 nitrogen and oxygen atoms in total. The van der Waals surface area contributed by atoms with E-state index in [2.05, 4.69) is 15.9 Å². The quantitative estimate of drug-likeness (QED) is 0.786. The van der Waals surface area contributed by atoms with Crippen LogP contribution in [0.5, 0.6) is 0 Å². The number of halogens is 2. The van der Waals surface area contributed by atoms with Crippen molar-refractivity contribution in [3.63, 3.8) is 0 Å². The average molecular weight is 324 g/mol. The third-order valence-electron chi connectivity index (χ3n) is 3.31. The largest absolute Gasteiger partial charge is 0.338 e. The molecule has 1 atom stereocenters. The Kier molecular flexibility index (Phi) is 4.20. The van der Waals surface area contributed by atoms with Crippen molar-refractivity contribution in [3.05, 3.63) is 47.8 Å². The first-order valence-corrected chi connectivity index (χ1v) is 7.18. The van der Waals surface area contributed by atoms with E-state index in [9.17, 15) is 9.18 Å². The summed E-state index contributed by atoms with van der Waals surface area (Å²) in [5, 5.41) is 1.84. The van der Waals surface area contributed by atoms with Crippen LogP contribution in [0.15, 0.2) is 36.4 Å². The SMILES string of the molecule is CC(CBr)N(C)C(=O)c1ccc(F)c2ccccc12. The predicted molar refractivity (Wildman–Crippen MR) is 79.3 cm³/mol. The molecule has 19 heavy (non-hydrogen) atoms. The first kappa shape index (κ1) is 14.0. The Balaban J connectivity index is 2.52. The molecule has 0 aliphatic rings. The zero-order chi connectivity index (χ0) is 14.0. The number of carbonyl (C=O) groups is 1. The molecule has 2 aromatic carbocycles. The summed E-state index contributed by atoms with van der Waals surface area (Å²) in [5.74, 6) is -0.397. The lowest BCUT2D eigenvalue weighted by atomic mass is 10.0. The van der Waals surface area contributed by atoms with Crippen molar-refractivity contribution in [3.8, 4) is 0 Å². The van der Waals surface area contributed by atoms with Crippen LogP contribution in [-0.4, -0.2) is 29.2 Å². The van der Waals surface area contributed by atoms with Crippen molar-refractivity contribution in [2.45, 2.75) is 13.0 Å². The first-order chi connectivity index (χ1) is 9.06. The van der Waals surface area contributed by atoms with Gasteiger partial charge in [-0.3, -0.25) is 4.79 Å². The molecule has 0 spiro atoms. The van der Waals surface area contributed by atoms with E-state index >= 15 is 0 Å². The average Bonchev–Trinajstić information content (AvgIpc) is 2.45. The van der Waals surface area contributed by atoms with Crippen LogP contribution in [0.25, 0.3) is 10.8 Å². The fourth-order valence-corrected chi connectivity index (χ4v) is 2.38. The highest BCUT2D eigenvalue weighted by molar-refractivity contribution is 9.09. The van der Waals surface area contributed by atoms with Crippen molar-refractivity contribution in [2.24, 2.45) is 0 Å². The Labute approximate surface area is 120 Å². The van der Waals surface area contributed by atoms with Gasteiger partial charge in [0.2, 0.25) is 0 Å². The van der Waals surface area contributed by atoms with Gasteiger partial charge in [-0.1, -0.05) is 40.2 Å². The van der Waals surface area contributed by atoms with Crippen LogP contribution in [0, 0.1) is 5.82 Å². The van der Waals surface area contributed by atoms with Gasteiger partial charge in [-0.05, 0) is 24.4 Å². The minimum atomic E-state index is -0.302. The number of nitrogens with zero attached hydrogens (tertiary/aromatic N) is 1. The zero-order valence-corrected chi connectivity index (χ0v) is 12.4. The predicted octanol–water partition coefficient (Wildman–Crippen LogP) is 3.83. The van der Waals surface area contributed by atoms with Crippen LogP contribution < -0.4 is 0 Å². The highest BCUT2D eigenvalue weighted by atomic mass is 79.9. The normalized spacial score (nSPS) is 12.4. The molecule has 100 valence electrons. The summed E-state index contributed by atoms with van der Waals surface area (Å²) in [4.78, 5) is 14.1. The molecule has 0 aliphatic heterocycles. The third-order valence-corrected chi connectivity index (χ3v) is 4.24. The molecule has 2 aromatic rings. The van der Waals surface area contributed by atoms with Gasteiger partial charge in [0.15, 0.2) is 0 Å². The van der Waals surface area contributed by atoms with E-state index < -0.39 is 0 Å². The first-order valence-electron chi connectivity index (χ1n) is 6.06. The topological polar surface area (TPSA) is 20.3 Å². The van der Waals surface area contributed by atoms with Crippen LogP contribution in [0.4, 0.5) is 4.39 Å². The molecule has 0 N–H and O–H groups in total. The van der Waals surface area contributed by atoms with Gasteiger partial charge in [0.05, 0.1) is 0 Å². The van der Waals surface area contributed by atoms with Crippen LogP contribution in [0.3, 0.4) is 0 Å². The summed E-state index contributed by atoms with van der Waals surface area (Å²) in [6.45, 7) is 1.96. The Morgan fingerprint density at radius 2 is 1.89 bits per heavy atom. The van der Waals surface area contributed by atoms with Crippen molar-refractivity contribution < 1.29 is 9.18 Å². The second-order valence-electron chi connectivity index (χ2n) is 4.56. The van der Waals surface area contributed by atoms with Crippen LogP contribution in [-0.2, 0) is 0 Å². The van der Waals surface area contributed by atoms with E-state index in [0.717, 1.165) is 0 Å². The Bertz CT molecular complexity index is 614. The molecule has 0 bridgehead atoms. The van der Waals surface area contributed by atoms with E-state index in [1.54, 1.807) is 36.2 Å². The second kappa shape index (κ2) is 5.70. The molecule has 0 saturated heterocycles. The Morgan fingerprint density at radius 1 is 1.26 bits per heavy atom. The number of fused-ring (bicyclic) bond motifs is 1. The summed E-state index contributed by atoms with van der Waals surface area (Å²) in [7, 11) is 1.76. The third kappa shape index (κ3) is 2.63.